The summed E-state index contributed by atoms with van der Waals surface area (Å²) in [6.07, 6.45) is -0.361. The fourth-order valence-corrected chi connectivity index (χ4v) is 4.04. The van der Waals surface area contributed by atoms with Gasteiger partial charge in [0.1, 0.15) is 5.82 Å². The number of likely N-dealkylation sites (tertiary alicyclic amines) is 1. The fraction of sp³-hybridized carbons (Fsp3) is 0.348. The molecule has 1 aliphatic rings. The van der Waals surface area contributed by atoms with Crippen LogP contribution in [0.1, 0.15) is 11.1 Å². The van der Waals surface area contributed by atoms with Gasteiger partial charge in [0, 0.05) is 36.6 Å². The van der Waals surface area contributed by atoms with Crippen LogP contribution in [0.4, 0.5) is 4.39 Å². The number of hydrogen-bond donors (Lipinski definition) is 1. The molecule has 2 aromatic carbocycles. The predicted molar refractivity (Wildman–Crippen MR) is 111 cm³/mol. The van der Waals surface area contributed by atoms with E-state index in [-0.39, 0.29) is 18.0 Å². The molecule has 0 amide bonds. The molecular weight excluding hydrogens is 353 g/mol. The monoisotopic (exact) mass is 379 g/mol. The second-order valence-electron chi connectivity index (χ2n) is 7.99. The predicted octanol–water partition coefficient (Wildman–Crippen LogP) is 3.46. The van der Waals surface area contributed by atoms with Crippen LogP contribution in [0.5, 0.6) is 0 Å². The van der Waals surface area contributed by atoms with Gasteiger partial charge in [-0.25, -0.2) is 9.37 Å². The Labute approximate surface area is 165 Å². The first kappa shape index (κ1) is 19.0. The summed E-state index contributed by atoms with van der Waals surface area (Å²) in [6, 6.07) is 15.1. The smallest absolute Gasteiger partial charge is 0.123 e. The summed E-state index contributed by atoms with van der Waals surface area (Å²) in [6.45, 7) is 4.22. The van der Waals surface area contributed by atoms with Gasteiger partial charge in [0.25, 0.3) is 0 Å². The van der Waals surface area contributed by atoms with E-state index < -0.39 is 0 Å². The lowest BCUT2D eigenvalue weighted by atomic mass is 10.0. The van der Waals surface area contributed by atoms with Gasteiger partial charge in [-0.15, -0.1) is 0 Å². The van der Waals surface area contributed by atoms with Crippen LogP contribution < -0.4 is 0 Å². The summed E-state index contributed by atoms with van der Waals surface area (Å²) in [4.78, 5) is 9.25. The zero-order valence-electron chi connectivity index (χ0n) is 16.6. The summed E-state index contributed by atoms with van der Waals surface area (Å²) < 4.78 is 13.4. The number of aryl methyl sites for hydroxylation is 1. The molecule has 2 unspecified atom stereocenters. The van der Waals surface area contributed by atoms with E-state index in [1.54, 1.807) is 12.1 Å². The highest BCUT2D eigenvalue weighted by molar-refractivity contribution is 5.84. The zero-order chi connectivity index (χ0) is 19.8. The minimum absolute atomic E-state index is 0.130. The molecule has 2 heterocycles. The maximum atomic E-state index is 13.4. The van der Waals surface area contributed by atoms with Gasteiger partial charge in [0.05, 0.1) is 17.3 Å². The van der Waals surface area contributed by atoms with Crippen molar-refractivity contribution in [1.29, 1.82) is 0 Å². The summed E-state index contributed by atoms with van der Waals surface area (Å²) in [5.41, 5.74) is 5.00. The van der Waals surface area contributed by atoms with Crippen molar-refractivity contribution in [3.8, 4) is 11.3 Å². The maximum Gasteiger partial charge on any atom is 0.123 e. The van der Waals surface area contributed by atoms with Crippen molar-refractivity contribution in [1.82, 2.24) is 14.8 Å². The molecule has 4 nitrogen and oxygen atoms in total. The topological polar surface area (TPSA) is 39.6 Å². The van der Waals surface area contributed by atoms with E-state index in [2.05, 4.69) is 34.9 Å². The van der Waals surface area contributed by atoms with E-state index in [9.17, 15) is 9.50 Å². The van der Waals surface area contributed by atoms with Crippen molar-refractivity contribution in [3.63, 3.8) is 0 Å². The molecule has 0 spiro atoms. The quantitative estimate of drug-likeness (QED) is 0.754. The van der Waals surface area contributed by atoms with Crippen LogP contribution in [-0.2, 0) is 6.54 Å². The van der Waals surface area contributed by atoms with Crippen LogP contribution in [0.15, 0.2) is 48.5 Å². The summed E-state index contributed by atoms with van der Waals surface area (Å²) >= 11 is 0. The molecule has 4 rings (SSSR count). The van der Waals surface area contributed by atoms with E-state index in [4.69, 9.17) is 4.98 Å². The number of aliphatic hydroxyl groups excluding tert-OH is 1. The van der Waals surface area contributed by atoms with Gasteiger partial charge in [-0.2, -0.15) is 0 Å². The Morgan fingerprint density at radius 2 is 1.86 bits per heavy atom. The number of rotatable bonds is 4. The minimum Gasteiger partial charge on any atom is -0.390 e. The van der Waals surface area contributed by atoms with E-state index in [1.807, 2.05) is 20.2 Å². The molecule has 2 atom stereocenters. The molecule has 1 saturated heterocycles. The number of fused-ring (bicyclic) bond motifs is 1. The van der Waals surface area contributed by atoms with Crippen molar-refractivity contribution in [2.45, 2.75) is 25.6 Å². The van der Waals surface area contributed by atoms with E-state index in [0.717, 1.165) is 34.3 Å². The Hall–Kier alpha value is -2.34. The molecule has 1 aliphatic heterocycles. The lowest BCUT2D eigenvalue weighted by Crippen LogP contribution is -2.37. The number of likely N-dealkylation sites (N-methyl/N-ethyl adjacent to an activating group) is 1. The average molecular weight is 379 g/mol. The van der Waals surface area contributed by atoms with Crippen LogP contribution >= 0.6 is 0 Å². The Bertz CT molecular complexity index is 987. The number of halogens is 1. The van der Waals surface area contributed by atoms with Gasteiger partial charge in [-0.05, 0) is 69.0 Å². The molecule has 0 radical (unpaired) electrons. The Kier molecular flexibility index (Phi) is 5.15. The molecule has 5 heteroatoms. The second kappa shape index (κ2) is 7.59. The Morgan fingerprint density at radius 1 is 1.11 bits per heavy atom. The van der Waals surface area contributed by atoms with Crippen LogP contribution in [0.3, 0.4) is 0 Å². The normalized spacial score (nSPS) is 20.4. The lowest BCUT2D eigenvalue weighted by Gasteiger charge is -2.22. The molecule has 146 valence electrons. The first-order chi connectivity index (χ1) is 13.4. The van der Waals surface area contributed by atoms with Gasteiger partial charge in [0.15, 0.2) is 0 Å². The first-order valence-electron chi connectivity index (χ1n) is 9.64. The number of nitrogens with zero attached hydrogens (tertiary/aromatic N) is 3. The number of benzene rings is 2. The Balaban J connectivity index is 1.74. The highest BCUT2D eigenvalue weighted by Gasteiger charge is 2.33. The fourth-order valence-electron chi connectivity index (χ4n) is 4.04. The molecule has 1 aromatic heterocycles. The third-order valence-electron chi connectivity index (χ3n) is 5.56. The number of β-amino-alcohol motifs (C(OH)–C–C–N with tert-alkyl or cyclic N) is 1. The van der Waals surface area contributed by atoms with Crippen LogP contribution in [0.2, 0.25) is 0 Å². The second-order valence-corrected chi connectivity index (χ2v) is 7.99. The van der Waals surface area contributed by atoms with Gasteiger partial charge >= 0.3 is 0 Å². The molecule has 28 heavy (non-hydrogen) atoms. The standard InChI is InChI=1S/C23H26FN3O/c1-15-4-9-20-17(10-15)11-18(12-27-13-21(26(2)3)22(28)14-27)23(25-20)16-5-7-19(24)8-6-16/h4-11,21-22,28H,12-14H2,1-3H3. The number of hydrogen-bond acceptors (Lipinski definition) is 4. The van der Waals surface area contributed by atoms with Gasteiger partial charge in [-0.3, -0.25) is 4.90 Å². The van der Waals surface area contributed by atoms with Crippen molar-refractivity contribution >= 4 is 10.9 Å². The van der Waals surface area contributed by atoms with Gasteiger partial charge in [-0.1, -0.05) is 11.6 Å². The van der Waals surface area contributed by atoms with E-state index in [1.165, 1.54) is 17.7 Å². The molecule has 1 N–H and O–H groups in total. The van der Waals surface area contributed by atoms with Crippen LogP contribution in [-0.4, -0.2) is 59.2 Å². The van der Waals surface area contributed by atoms with Crippen molar-refractivity contribution in [2.24, 2.45) is 0 Å². The average Bonchev–Trinajstić information content (AvgIpc) is 3.02. The van der Waals surface area contributed by atoms with Crippen molar-refractivity contribution < 1.29 is 9.50 Å². The lowest BCUT2D eigenvalue weighted by molar-refractivity contribution is 0.112. The SMILES string of the molecule is Cc1ccc2nc(-c3ccc(F)cc3)c(CN3CC(O)C(N(C)C)C3)cc2c1. The molecule has 1 fully saturated rings. The van der Waals surface area contributed by atoms with E-state index >= 15 is 0 Å². The van der Waals surface area contributed by atoms with Crippen LogP contribution in [0.25, 0.3) is 22.2 Å². The van der Waals surface area contributed by atoms with Crippen molar-refractivity contribution in [3.05, 3.63) is 65.5 Å². The van der Waals surface area contributed by atoms with Gasteiger partial charge in [0.2, 0.25) is 0 Å². The van der Waals surface area contributed by atoms with E-state index in [0.29, 0.717) is 13.1 Å². The third kappa shape index (κ3) is 3.78. The number of aliphatic hydroxyl groups is 1. The Morgan fingerprint density at radius 3 is 2.54 bits per heavy atom. The van der Waals surface area contributed by atoms with Gasteiger partial charge < -0.3 is 10.0 Å². The summed E-state index contributed by atoms with van der Waals surface area (Å²) in [5, 5.41) is 11.5. The summed E-state index contributed by atoms with van der Waals surface area (Å²) in [5.74, 6) is -0.252. The molecule has 0 saturated carbocycles. The number of pyridine rings is 1. The molecule has 0 aliphatic carbocycles. The van der Waals surface area contributed by atoms with Crippen molar-refractivity contribution in [2.75, 3.05) is 27.2 Å². The van der Waals surface area contributed by atoms with Crippen LogP contribution in [0, 0.1) is 12.7 Å². The zero-order valence-corrected chi connectivity index (χ0v) is 16.6. The molecule has 0 bridgehead atoms. The highest BCUT2D eigenvalue weighted by Crippen LogP contribution is 2.29. The largest absolute Gasteiger partial charge is 0.390 e. The highest BCUT2D eigenvalue weighted by atomic mass is 19.1. The first-order valence-corrected chi connectivity index (χ1v) is 9.64. The minimum atomic E-state index is -0.361. The maximum absolute atomic E-state index is 13.4. The molecule has 3 aromatic rings. The molecular formula is C23H26FN3O. The number of aromatic nitrogens is 1. The summed E-state index contributed by atoms with van der Waals surface area (Å²) in [7, 11) is 4.00. The third-order valence-corrected chi connectivity index (χ3v) is 5.56.